The van der Waals surface area contributed by atoms with Crippen LogP contribution in [0, 0.1) is 0 Å². The molecule has 0 spiro atoms. The number of nitrogens with zero attached hydrogens (tertiary/aromatic N) is 1. The summed E-state index contributed by atoms with van der Waals surface area (Å²) in [6.45, 7) is 4.69. The van der Waals surface area contributed by atoms with Crippen LogP contribution in [-0.2, 0) is 17.9 Å². The van der Waals surface area contributed by atoms with E-state index in [1.807, 2.05) is 0 Å². The minimum atomic E-state index is 0.673. The van der Waals surface area contributed by atoms with E-state index in [2.05, 4.69) is 22.6 Å². The van der Waals surface area contributed by atoms with Crippen LogP contribution >= 0.6 is 11.3 Å². The van der Waals surface area contributed by atoms with E-state index in [0.717, 1.165) is 24.9 Å². The van der Waals surface area contributed by atoms with Crippen molar-refractivity contribution in [3.63, 3.8) is 0 Å². The molecule has 0 bridgehead atoms. The highest BCUT2D eigenvalue weighted by Gasteiger charge is 2.20. The molecule has 1 N–H and O–H groups in total. The minimum Gasteiger partial charge on any atom is -0.375 e. The maximum Gasteiger partial charge on any atom is 0.107 e. The molecule has 0 radical (unpaired) electrons. The van der Waals surface area contributed by atoms with Gasteiger partial charge in [0.15, 0.2) is 0 Å². The second-order valence-electron chi connectivity index (χ2n) is 5.00. The topological polar surface area (TPSA) is 34.1 Å². The lowest BCUT2D eigenvalue weighted by molar-refractivity contribution is 0.114. The molecule has 3 nitrogen and oxygen atoms in total. The zero-order valence-electron chi connectivity index (χ0n) is 11.3. The van der Waals surface area contributed by atoms with Gasteiger partial charge in [0, 0.05) is 24.6 Å². The zero-order chi connectivity index (χ0) is 12.6. The summed E-state index contributed by atoms with van der Waals surface area (Å²) in [5, 5.41) is 6.79. The normalized spacial score (nSPS) is 15.2. The quantitative estimate of drug-likeness (QED) is 0.660. The Morgan fingerprint density at radius 3 is 3.06 bits per heavy atom. The van der Waals surface area contributed by atoms with Gasteiger partial charge in [0.05, 0.1) is 12.3 Å². The fourth-order valence-corrected chi connectivity index (χ4v) is 2.55. The molecule has 102 valence electrons. The zero-order valence-corrected chi connectivity index (χ0v) is 12.1. The molecule has 1 aromatic rings. The first-order valence-corrected chi connectivity index (χ1v) is 8.01. The van der Waals surface area contributed by atoms with Crippen molar-refractivity contribution in [3.05, 3.63) is 16.1 Å². The minimum absolute atomic E-state index is 0.673. The molecular weight excluding hydrogens is 244 g/mol. The van der Waals surface area contributed by atoms with Crippen LogP contribution in [-0.4, -0.2) is 17.6 Å². The number of ether oxygens (including phenoxy) is 1. The van der Waals surface area contributed by atoms with Gasteiger partial charge in [-0.25, -0.2) is 4.98 Å². The Bertz CT molecular complexity index is 336. The SMILES string of the molecule is CCCCCCOCc1csc(CNC2CC2)n1. The largest absolute Gasteiger partial charge is 0.375 e. The molecular formula is C14H24N2OS. The number of hydrogen-bond donors (Lipinski definition) is 1. The van der Waals surface area contributed by atoms with Gasteiger partial charge in [0.1, 0.15) is 5.01 Å². The van der Waals surface area contributed by atoms with Crippen LogP contribution in [0.2, 0.25) is 0 Å². The number of unbranched alkanes of at least 4 members (excludes halogenated alkanes) is 3. The van der Waals surface area contributed by atoms with Crippen LogP contribution in [0.1, 0.15) is 56.2 Å². The Morgan fingerprint density at radius 1 is 1.39 bits per heavy atom. The molecule has 1 aliphatic carbocycles. The molecule has 18 heavy (non-hydrogen) atoms. The summed E-state index contributed by atoms with van der Waals surface area (Å²) in [4.78, 5) is 4.57. The van der Waals surface area contributed by atoms with Crippen LogP contribution in [0.3, 0.4) is 0 Å². The lowest BCUT2D eigenvalue weighted by atomic mass is 10.2. The van der Waals surface area contributed by atoms with Gasteiger partial charge in [0.25, 0.3) is 0 Å². The number of aromatic nitrogens is 1. The van der Waals surface area contributed by atoms with E-state index in [0.29, 0.717) is 6.61 Å². The van der Waals surface area contributed by atoms with E-state index in [1.165, 1.54) is 43.5 Å². The van der Waals surface area contributed by atoms with Crippen LogP contribution < -0.4 is 5.32 Å². The smallest absolute Gasteiger partial charge is 0.107 e. The van der Waals surface area contributed by atoms with Gasteiger partial charge in [-0.3, -0.25) is 0 Å². The van der Waals surface area contributed by atoms with Crippen molar-refractivity contribution < 1.29 is 4.74 Å². The summed E-state index contributed by atoms with van der Waals surface area (Å²) < 4.78 is 5.64. The van der Waals surface area contributed by atoms with Gasteiger partial charge in [-0.2, -0.15) is 0 Å². The fourth-order valence-electron chi connectivity index (χ4n) is 1.82. The summed E-state index contributed by atoms with van der Waals surface area (Å²) in [5.74, 6) is 0. The molecule has 0 saturated heterocycles. The second-order valence-corrected chi connectivity index (χ2v) is 5.94. The summed E-state index contributed by atoms with van der Waals surface area (Å²) in [6.07, 6.45) is 7.72. The monoisotopic (exact) mass is 268 g/mol. The third-order valence-electron chi connectivity index (χ3n) is 3.11. The van der Waals surface area contributed by atoms with Crippen molar-refractivity contribution in [3.8, 4) is 0 Å². The highest BCUT2D eigenvalue weighted by Crippen LogP contribution is 2.20. The van der Waals surface area contributed by atoms with Crippen molar-refractivity contribution in [1.82, 2.24) is 10.3 Å². The lowest BCUT2D eigenvalue weighted by Gasteiger charge is -2.01. The molecule has 0 aliphatic heterocycles. The first kappa shape index (κ1) is 14.0. The van der Waals surface area contributed by atoms with Crippen molar-refractivity contribution >= 4 is 11.3 Å². The molecule has 0 atom stereocenters. The molecule has 0 aromatic carbocycles. The van der Waals surface area contributed by atoms with E-state index in [9.17, 15) is 0 Å². The highest BCUT2D eigenvalue weighted by molar-refractivity contribution is 7.09. The highest BCUT2D eigenvalue weighted by atomic mass is 32.1. The van der Waals surface area contributed by atoms with E-state index < -0.39 is 0 Å². The van der Waals surface area contributed by atoms with Crippen molar-refractivity contribution in [2.24, 2.45) is 0 Å². The molecule has 1 aliphatic rings. The van der Waals surface area contributed by atoms with Gasteiger partial charge in [-0.05, 0) is 19.3 Å². The van der Waals surface area contributed by atoms with E-state index in [1.54, 1.807) is 11.3 Å². The number of thiazole rings is 1. The molecule has 1 fully saturated rings. The van der Waals surface area contributed by atoms with Crippen LogP contribution in [0.5, 0.6) is 0 Å². The molecule has 0 amide bonds. The van der Waals surface area contributed by atoms with Crippen LogP contribution in [0.4, 0.5) is 0 Å². The fraction of sp³-hybridized carbons (Fsp3) is 0.786. The average Bonchev–Trinajstić information content (AvgIpc) is 3.11. The third kappa shape index (κ3) is 5.46. The predicted octanol–water partition coefficient (Wildman–Crippen LogP) is 3.49. The molecule has 1 saturated carbocycles. The van der Waals surface area contributed by atoms with E-state index in [-0.39, 0.29) is 0 Å². The van der Waals surface area contributed by atoms with E-state index >= 15 is 0 Å². The van der Waals surface area contributed by atoms with Gasteiger partial charge < -0.3 is 10.1 Å². The first-order valence-electron chi connectivity index (χ1n) is 7.13. The number of hydrogen-bond acceptors (Lipinski definition) is 4. The van der Waals surface area contributed by atoms with Crippen molar-refractivity contribution in [2.75, 3.05) is 6.61 Å². The molecule has 0 unspecified atom stereocenters. The van der Waals surface area contributed by atoms with Gasteiger partial charge in [-0.1, -0.05) is 26.2 Å². The van der Waals surface area contributed by atoms with Crippen molar-refractivity contribution in [1.29, 1.82) is 0 Å². The van der Waals surface area contributed by atoms with Gasteiger partial charge in [0.2, 0.25) is 0 Å². The number of nitrogens with one attached hydrogen (secondary N) is 1. The maximum atomic E-state index is 5.64. The second kappa shape index (κ2) is 7.87. The summed E-state index contributed by atoms with van der Waals surface area (Å²) in [7, 11) is 0. The Balaban J connectivity index is 1.54. The predicted molar refractivity (Wildman–Crippen MR) is 75.8 cm³/mol. The van der Waals surface area contributed by atoms with Crippen molar-refractivity contribution in [2.45, 2.75) is 64.6 Å². The molecule has 2 rings (SSSR count). The Morgan fingerprint density at radius 2 is 2.28 bits per heavy atom. The Hall–Kier alpha value is -0.450. The Kier molecular flexibility index (Phi) is 6.11. The lowest BCUT2D eigenvalue weighted by Crippen LogP contribution is -2.15. The molecule has 1 aromatic heterocycles. The summed E-state index contributed by atoms with van der Waals surface area (Å²) in [5.41, 5.74) is 1.09. The van der Waals surface area contributed by atoms with Gasteiger partial charge in [-0.15, -0.1) is 11.3 Å². The first-order chi connectivity index (χ1) is 8.88. The molecule has 4 heteroatoms. The third-order valence-corrected chi connectivity index (χ3v) is 4.01. The van der Waals surface area contributed by atoms with E-state index in [4.69, 9.17) is 4.74 Å². The summed E-state index contributed by atoms with van der Waals surface area (Å²) >= 11 is 1.74. The van der Waals surface area contributed by atoms with Gasteiger partial charge >= 0.3 is 0 Å². The van der Waals surface area contributed by atoms with Crippen LogP contribution in [0.15, 0.2) is 5.38 Å². The van der Waals surface area contributed by atoms with Crippen LogP contribution in [0.25, 0.3) is 0 Å². The Labute approximate surface area is 114 Å². The molecule has 1 heterocycles. The summed E-state index contributed by atoms with van der Waals surface area (Å²) in [6, 6.07) is 0.757. The number of rotatable bonds is 10. The maximum absolute atomic E-state index is 5.64. The average molecular weight is 268 g/mol. The standard InChI is InChI=1S/C14H24N2OS/c1-2-3-4-5-8-17-10-13-11-18-14(16-13)9-15-12-6-7-12/h11-12,15H,2-10H2,1H3.